The molecule has 0 spiro atoms. The summed E-state index contributed by atoms with van der Waals surface area (Å²) in [5.74, 6) is 2.23. The summed E-state index contributed by atoms with van der Waals surface area (Å²) in [6, 6.07) is 0.653. The number of aromatic nitrogens is 1. The fourth-order valence-electron chi connectivity index (χ4n) is 2.73. The van der Waals surface area contributed by atoms with Gasteiger partial charge in [-0.1, -0.05) is 33.6 Å². The second kappa shape index (κ2) is 5.67. The van der Waals surface area contributed by atoms with Crippen molar-refractivity contribution in [3.8, 4) is 0 Å². The molecule has 3 heteroatoms. The van der Waals surface area contributed by atoms with Crippen LogP contribution in [0.25, 0.3) is 0 Å². The molecule has 0 bridgehead atoms. The fourth-order valence-corrected chi connectivity index (χ4v) is 2.73. The first kappa shape index (κ1) is 12.6. The van der Waals surface area contributed by atoms with Crippen LogP contribution in [0.5, 0.6) is 0 Å². The Bertz CT molecular complexity index is 346. The van der Waals surface area contributed by atoms with Gasteiger partial charge in [-0.25, -0.2) is 4.98 Å². The van der Waals surface area contributed by atoms with E-state index >= 15 is 0 Å². The van der Waals surface area contributed by atoms with Crippen LogP contribution >= 0.6 is 0 Å². The van der Waals surface area contributed by atoms with Gasteiger partial charge < -0.3 is 9.73 Å². The van der Waals surface area contributed by atoms with E-state index in [1.54, 1.807) is 6.39 Å². The van der Waals surface area contributed by atoms with Gasteiger partial charge >= 0.3 is 0 Å². The summed E-state index contributed by atoms with van der Waals surface area (Å²) in [6.07, 6.45) is 6.97. The first-order chi connectivity index (χ1) is 8.18. The normalized spacial score (nSPS) is 25.4. The van der Waals surface area contributed by atoms with Gasteiger partial charge in [0.25, 0.3) is 0 Å². The van der Waals surface area contributed by atoms with Crippen LogP contribution in [-0.2, 0) is 6.54 Å². The van der Waals surface area contributed by atoms with Crippen LogP contribution in [0.3, 0.4) is 0 Å². The highest BCUT2D eigenvalue weighted by molar-refractivity contribution is 5.11. The standard InChI is InChI=1S/C14H24N2O/c1-10(2)14-13(16-9-17-14)8-15-12-7-5-4-6-11(12)3/h9-12,15H,4-8H2,1-3H3/t11-,12-/m1/s1. The van der Waals surface area contributed by atoms with Gasteiger partial charge in [0.1, 0.15) is 5.76 Å². The van der Waals surface area contributed by atoms with Crippen LogP contribution in [0.4, 0.5) is 0 Å². The summed E-state index contributed by atoms with van der Waals surface area (Å²) in [7, 11) is 0. The van der Waals surface area contributed by atoms with Gasteiger partial charge in [0.15, 0.2) is 6.39 Å². The van der Waals surface area contributed by atoms with E-state index in [0.29, 0.717) is 12.0 Å². The molecule has 1 aromatic heterocycles. The van der Waals surface area contributed by atoms with E-state index in [9.17, 15) is 0 Å². The molecule has 0 aromatic carbocycles. The van der Waals surface area contributed by atoms with Gasteiger partial charge in [-0.15, -0.1) is 0 Å². The second-order valence-electron chi connectivity index (χ2n) is 5.57. The van der Waals surface area contributed by atoms with Crippen LogP contribution in [0.2, 0.25) is 0 Å². The molecule has 1 aromatic rings. The molecule has 1 fully saturated rings. The van der Waals surface area contributed by atoms with Gasteiger partial charge in [-0.3, -0.25) is 0 Å². The summed E-state index contributed by atoms with van der Waals surface area (Å²) < 4.78 is 5.44. The van der Waals surface area contributed by atoms with E-state index in [0.717, 1.165) is 23.9 Å². The van der Waals surface area contributed by atoms with E-state index in [2.05, 4.69) is 31.1 Å². The maximum atomic E-state index is 5.44. The minimum absolute atomic E-state index is 0.415. The Morgan fingerprint density at radius 2 is 2.18 bits per heavy atom. The predicted octanol–water partition coefficient (Wildman–Crippen LogP) is 3.47. The van der Waals surface area contributed by atoms with E-state index in [4.69, 9.17) is 4.42 Å². The Balaban J connectivity index is 1.90. The van der Waals surface area contributed by atoms with E-state index in [-0.39, 0.29) is 0 Å². The Labute approximate surface area is 104 Å². The largest absolute Gasteiger partial charge is 0.448 e. The topological polar surface area (TPSA) is 38.1 Å². The van der Waals surface area contributed by atoms with Crippen LogP contribution in [0.15, 0.2) is 10.8 Å². The van der Waals surface area contributed by atoms with E-state index in [1.807, 2.05) is 0 Å². The molecule has 1 heterocycles. The molecule has 1 aliphatic carbocycles. The lowest BCUT2D eigenvalue weighted by Crippen LogP contribution is -2.37. The highest BCUT2D eigenvalue weighted by Gasteiger charge is 2.21. The van der Waals surface area contributed by atoms with Crippen molar-refractivity contribution < 1.29 is 4.42 Å². The van der Waals surface area contributed by atoms with Crippen molar-refractivity contribution in [2.24, 2.45) is 5.92 Å². The molecule has 17 heavy (non-hydrogen) atoms. The smallest absolute Gasteiger partial charge is 0.181 e. The van der Waals surface area contributed by atoms with Crippen LogP contribution in [-0.4, -0.2) is 11.0 Å². The van der Waals surface area contributed by atoms with Gasteiger partial charge in [0.2, 0.25) is 0 Å². The monoisotopic (exact) mass is 236 g/mol. The average molecular weight is 236 g/mol. The molecule has 3 nitrogen and oxygen atoms in total. The third-order valence-corrected chi connectivity index (χ3v) is 3.84. The molecule has 1 saturated carbocycles. The molecule has 0 unspecified atom stereocenters. The SMILES string of the molecule is CC(C)c1ocnc1CN[C@@H]1CCCC[C@H]1C. The zero-order chi connectivity index (χ0) is 12.3. The Morgan fingerprint density at radius 1 is 1.41 bits per heavy atom. The number of oxazole rings is 1. The molecular formula is C14H24N2O. The number of rotatable bonds is 4. The average Bonchev–Trinajstić information content (AvgIpc) is 2.76. The van der Waals surface area contributed by atoms with Crippen molar-refractivity contribution in [3.63, 3.8) is 0 Å². The summed E-state index contributed by atoms with van der Waals surface area (Å²) >= 11 is 0. The van der Waals surface area contributed by atoms with E-state index < -0.39 is 0 Å². The number of hydrogen-bond acceptors (Lipinski definition) is 3. The minimum atomic E-state index is 0.415. The molecule has 1 N–H and O–H groups in total. The van der Waals surface area contributed by atoms with Crippen molar-refractivity contribution in [1.82, 2.24) is 10.3 Å². The molecule has 2 atom stereocenters. The van der Waals surface area contributed by atoms with Crippen molar-refractivity contribution >= 4 is 0 Å². The maximum absolute atomic E-state index is 5.44. The van der Waals surface area contributed by atoms with Crippen molar-refractivity contribution in [2.45, 2.75) is 65.0 Å². The zero-order valence-electron chi connectivity index (χ0n) is 11.2. The first-order valence-corrected chi connectivity index (χ1v) is 6.84. The second-order valence-corrected chi connectivity index (χ2v) is 5.57. The molecule has 96 valence electrons. The van der Waals surface area contributed by atoms with Gasteiger partial charge in [-0.2, -0.15) is 0 Å². The number of nitrogens with one attached hydrogen (secondary N) is 1. The van der Waals surface area contributed by atoms with Gasteiger partial charge in [0.05, 0.1) is 5.69 Å². The molecule has 0 aliphatic heterocycles. The number of hydrogen-bond donors (Lipinski definition) is 1. The fraction of sp³-hybridized carbons (Fsp3) is 0.786. The summed E-state index contributed by atoms with van der Waals surface area (Å²) in [5.41, 5.74) is 1.08. The number of nitrogens with zero attached hydrogens (tertiary/aromatic N) is 1. The van der Waals surface area contributed by atoms with Gasteiger partial charge in [-0.05, 0) is 18.8 Å². The third-order valence-electron chi connectivity index (χ3n) is 3.84. The van der Waals surface area contributed by atoms with Crippen LogP contribution in [0.1, 0.15) is 63.8 Å². The first-order valence-electron chi connectivity index (χ1n) is 6.84. The van der Waals surface area contributed by atoms with E-state index in [1.165, 1.54) is 25.7 Å². The van der Waals surface area contributed by atoms with Crippen molar-refractivity contribution in [3.05, 3.63) is 17.8 Å². The Kier molecular flexibility index (Phi) is 4.21. The van der Waals surface area contributed by atoms with Crippen molar-refractivity contribution in [2.75, 3.05) is 0 Å². The molecule has 2 rings (SSSR count). The zero-order valence-corrected chi connectivity index (χ0v) is 11.2. The molecule has 0 radical (unpaired) electrons. The minimum Gasteiger partial charge on any atom is -0.448 e. The molecule has 0 amide bonds. The highest BCUT2D eigenvalue weighted by Crippen LogP contribution is 2.24. The van der Waals surface area contributed by atoms with Crippen molar-refractivity contribution in [1.29, 1.82) is 0 Å². The Hall–Kier alpha value is -0.830. The summed E-state index contributed by atoms with van der Waals surface area (Å²) in [6.45, 7) is 7.49. The van der Waals surface area contributed by atoms with Gasteiger partial charge in [0, 0.05) is 18.5 Å². The molecule has 1 aliphatic rings. The summed E-state index contributed by atoms with van der Waals surface area (Å²) in [4.78, 5) is 4.32. The third kappa shape index (κ3) is 3.09. The molecule has 0 saturated heterocycles. The predicted molar refractivity (Wildman–Crippen MR) is 68.9 cm³/mol. The Morgan fingerprint density at radius 3 is 2.88 bits per heavy atom. The van der Waals surface area contributed by atoms with Crippen LogP contribution < -0.4 is 5.32 Å². The maximum Gasteiger partial charge on any atom is 0.181 e. The highest BCUT2D eigenvalue weighted by atomic mass is 16.3. The lowest BCUT2D eigenvalue weighted by molar-refractivity contribution is 0.278. The lowest BCUT2D eigenvalue weighted by atomic mass is 9.86. The summed E-state index contributed by atoms with van der Waals surface area (Å²) in [5, 5.41) is 3.65. The quantitative estimate of drug-likeness (QED) is 0.870. The molecular weight excluding hydrogens is 212 g/mol. The van der Waals surface area contributed by atoms with Crippen LogP contribution in [0, 0.1) is 5.92 Å². The lowest BCUT2D eigenvalue weighted by Gasteiger charge is -2.29.